The molecule has 1 saturated carbocycles. The molecule has 0 radical (unpaired) electrons. The van der Waals surface area contributed by atoms with Crippen LogP contribution in [0.25, 0.3) is 22.3 Å². The minimum atomic E-state index is -0.560. The lowest BCUT2D eigenvalue weighted by molar-refractivity contribution is 0.0199. The number of amides is 2. The third kappa shape index (κ3) is 6.39. The SMILES string of the molecule is COc1cc(OCC2CC2)c(-c2nc(C)nc3c(C(=O)NC4CCN(C(=O)OC(C)(C)C)CC4)c(C)[nH]c23)cc1F. The van der Waals surface area contributed by atoms with Crippen LogP contribution in [-0.2, 0) is 4.74 Å². The maximum absolute atomic E-state index is 14.9. The van der Waals surface area contributed by atoms with Crippen molar-refractivity contribution in [2.75, 3.05) is 26.8 Å². The van der Waals surface area contributed by atoms with Crippen molar-refractivity contribution in [3.63, 3.8) is 0 Å². The average Bonchev–Trinajstić information content (AvgIpc) is 3.67. The number of methoxy groups -OCH3 is 1. The number of ether oxygens (including phenoxy) is 3. The first-order valence-corrected chi connectivity index (χ1v) is 14.1. The van der Waals surface area contributed by atoms with Crippen LogP contribution in [0.2, 0.25) is 0 Å². The molecule has 41 heavy (non-hydrogen) atoms. The maximum atomic E-state index is 14.9. The highest BCUT2D eigenvalue weighted by atomic mass is 19.1. The highest BCUT2D eigenvalue weighted by Gasteiger charge is 2.30. The number of aromatic nitrogens is 3. The first-order chi connectivity index (χ1) is 19.4. The molecule has 2 aliphatic rings. The molecule has 3 aromatic rings. The third-order valence-corrected chi connectivity index (χ3v) is 7.33. The summed E-state index contributed by atoms with van der Waals surface area (Å²) in [7, 11) is 1.41. The number of carbonyl (C=O) groups is 2. The van der Waals surface area contributed by atoms with Crippen LogP contribution in [-0.4, -0.2) is 70.3 Å². The Kier molecular flexibility index (Phi) is 7.80. The number of likely N-dealkylation sites (tertiary alicyclic amines) is 1. The molecule has 3 heterocycles. The van der Waals surface area contributed by atoms with Gasteiger partial charge in [-0.3, -0.25) is 4.79 Å². The summed E-state index contributed by atoms with van der Waals surface area (Å²) in [4.78, 5) is 40.2. The van der Waals surface area contributed by atoms with Gasteiger partial charge in [0.15, 0.2) is 11.6 Å². The fourth-order valence-corrected chi connectivity index (χ4v) is 5.05. The molecule has 10 nitrogen and oxygen atoms in total. The van der Waals surface area contributed by atoms with Crippen molar-refractivity contribution in [3.05, 3.63) is 35.0 Å². The second-order valence-corrected chi connectivity index (χ2v) is 11.9. The minimum absolute atomic E-state index is 0.0852. The summed E-state index contributed by atoms with van der Waals surface area (Å²) in [6.45, 7) is 10.6. The average molecular weight is 568 g/mol. The number of nitrogens with one attached hydrogen (secondary N) is 2. The zero-order valence-electron chi connectivity index (χ0n) is 24.5. The number of H-pyrrole nitrogens is 1. The molecule has 0 spiro atoms. The van der Waals surface area contributed by atoms with Crippen molar-refractivity contribution in [1.82, 2.24) is 25.2 Å². The number of aryl methyl sites for hydroxylation is 2. The molecule has 0 atom stereocenters. The van der Waals surface area contributed by atoms with Crippen LogP contribution in [0.1, 0.15) is 68.3 Å². The smallest absolute Gasteiger partial charge is 0.410 e. The Balaban J connectivity index is 1.40. The van der Waals surface area contributed by atoms with Gasteiger partial charge in [0.2, 0.25) is 0 Å². The molecule has 220 valence electrons. The van der Waals surface area contributed by atoms with Gasteiger partial charge in [-0.15, -0.1) is 0 Å². The Morgan fingerprint density at radius 1 is 1.10 bits per heavy atom. The Hall–Kier alpha value is -3.89. The number of piperidine rings is 1. The monoisotopic (exact) mass is 567 g/mol. The first kappa shape index (κ1) is 28.6. The van der Waals surface area contributed by atoms with E-state index in [1.165, 1.54) is 13.2 Å². The van der Waals surface area contributed by atoms with Gasteiger partial charge in [-0.25, -0.2) is 19.2 Å². The van der Waals surface area contributed by atoms with E-state index in [1.807, 2.05) is 20.8 Å². The van der Waals surface area contributed by atoms with Gasteiger partial charge >= 0.3 is 6.09 Å². The van der Waals surface area contributed by atoms with E-state index >= 15 is 0 Å². The second kappa shape index (κ2) is 11.2. The number of halogens is 1. The summed E-state index contributed by atoms with van der Waals surface area (Å²) in [5.41, 5.74) is 2.37. The first-order valence-electron chi connectivity index (χ1n) is 14.1. The van der Waals surface area contributed by atoms with Gasteiger partial charge < -0.3 is 29.4 Å². The van der Waals surface area contributed by atoms with E-state index in [4.69, 9.17) is 14.2 Å². The molecule has 1 saturated heterocycles. The molecule has 1 aliphatic carbocycles. The predicted octanol–water partition coefficient (Wildman–Crippen LogP) is 5.31. The summed E-state index contributed by atoms with van der Waals surface area (Å²) in [6, 6.07) is 2.80. The third-order valence-electron chi connectivity index (χ3n) is 7.33. The van der Waals surface area contributed by atoms with Crippen LogP contribution in [0.5, 0.6) is 11.5 Å². The minimum Gasteiger partial charge on any atom is -0.494 e. The highest BCUT2D eigenvalue weighted by Crippen LogP contribution is 2.40. The van der Waals surface area contributed by atoms with Gasteiger partial charge in [0, 0.05) is 36.5 Å². The Bertz CT molecular complexity index is 1470. The van der Waals surface area contributed by atoms with E-state index < -0.39 is 11.4 Å². The fraction of sp³-hybridized carbons (Fsp3) is 0.533. The number of hydrogen-bond acceptors (Lipinski definition) is 7. The van der Waals surface area contributed by atoms with Crippen LogP contribution >= 0.6 is 0 Å². The van der Waals surface area contributed by atoms with Crippen molar-refractivity contribution < 1.29 is 28.2 Å². The van der Waals surface area contributed by atoms with E-state index in [2.05, 4.69) is 20.3 Å². The van der Waals surface area contributed by atoms with Crippen LogP contribution < -0.4 is 14.8 Å². The molecular weight excluding hydrogens is 529 g/mol. The number of carbonyl (C=O) groups excluding carboxylic acids is 2. The second-order valence-electron chi connectivity index (χ2n) is 11.9. The van der Waals surface area contributed by atoms with Crippen LogP contribution in [0.3, 0.4) is 0 Å². The Labute approximate surface area is 239 Å². The van der Waals surface area contributed by atoms with Gasteiger partial charge in [0.25, 0.3) is 5.91 Å². The lowest BCUT2D eigenvalue weighted by atomic mass is 10.0. The predicted molar refractivity (Wildman–Crippen MR) is 152 cm³/mol. The molecule has 2 fully saturated rings. The number of hydrogen-bond donors (Lipinski definition) is 2. The van der Waals surface area contributed by atoms with Crippen LogP contribution in [0.4, 0.5) is 9.18 Å². The number of rotatable bonds is 7. The van der Waals surface area contributed by atoms with E-state index in [9.17, 15) is 14.0 Å². The quantitative estimate of drug-likeness (QED) is 0.397. The summed E-state index contributed by atoms with van der Waals surface area (Å²) in [5, 5.41) is 3.12. The summed E-state index contributed by atoms with van der Waals surface area (Å²) in [5.74, 6) is 0.677. The van der Waals surface area contributed by atoms with Crippen LogP contribution in [0, 0.1) is 25.6 Å². The Morgan fingerprint density at radius 3 is 2.44 bits per heavy atom. The molecule has 2 amide bonds. The van der Waals surface area contributed by atoms with Crippen molar-refractivity contribution in [2.45, 2.75) is 71.9 Å². The summed E-state index contributed by atoms with van der Waals surface area (Å²) in [6.07, 6.45) is 3.10. The number of fused-ring (bicyclic) bond motifs is 1. The van der Waals surface area contributed by atoms with E-state index in [0.717, 1.165) is 12.8 Å². The van der Waals surface area contributed by atoms with E-state index in [-0.39, 0.29) is 23.8 Å². The van der Waals surface area contributed by atoms with E-state index in [1.54, 1.807) is 24.8 Å². The fourth-order valence-electron chi connectivity index (χ4n) is 5.05. The van der Waals surface area contributed by atoms with Gasteiger partial charge in [0.05, 0.1) is 24.8 Å². The number of nitrogens with zero attached hydrogens (tertiary/aromatic N) is 3. The summed E-state index contributed by atoms with van der Waals surface area (Å²) >= 11 is 0. The molecule has 0 unspecified atom stereocenters. The normalized spacial score (nSPS) is 16.1. The molecule has 1 aliphatic heterocycles. The molecule has 2 N–H and O–H groups in total. The van der Waals surface area contributed by atoms with Gasteiger partial charge in [-0.05, 0) is 72.3 Å². The lowest BCUT2D eigenvalue weighted by Crippen LogP contribution is -2.47. The molecule has 0 bridgehead atoms. The van der Waals surface area contributed by atoms with Crippen molar-refractivity contribution in [1.29, 1.82) is 0 Å². The van der Waals surface area contributed by atoms with Gasteiger partial charge in [0.1, 0.15) is 28.4 Å². The lowest BCUT2D eigenvalue weighted by Gasteiger charge is -2.33. The standard InChI is InChI=1S/C30H38FN5O5/c1-16-24(28(37)35-19-9-11-36(12-10-19)29(38)41-30(3,4)5)26-27(32-16)25(33-17(2)34-26)20-13-21(31)23(39-6)14-22(20)40-15-18-7-8-18/h13-14,18-19,32H,7-12,15H2,1-6H3,(H,35,37). The molecule has 5 rings (SSSR count). The largest absolute Gasteiger partial charge is 0.494 e. The number of benzene rings is 1. The van der Waals surface area contributed by atoms with Crippen LogP contribution in [0.15, 0.2) is 12.1 Å². The Morgan fingerprint density at radius 2 is 1.80 bits per heavy atom. The number of aromatic amines is 1. The summed E-state index contributed by atoms with van der Waals surface area (Å²) < 4.78 is 31.7. The molecule has 2 aromatic heterocycles. The van der Waals surface area contributed by atoms with Gasteiger partial charge in [-0.1, -0.05) is 0 Å². The molecular formula is C30H38FN5O5. The zero-order valence-corrected chi connectivity index (χ0v) is 24.5. The topological polar surface area (TPSA) is 119 Å². The van der Waals surface area contributed by atoms with E-state index in [0.29, 0.717) is 83.6 Å². The van der Waals surface area contributed by atoms with Crippen molar-refractivity contribution >= 4 is 23.0 Å². The molecule has 1 aromatic carbocycles. The van der Waals surface area contributed by atoms with Crippen molar-refractivity contribution in [2.24, 2.45) is 5.92 Å². The zero-order chi connectivity index (χ0) is 29.5. The molecule has 11 heteroatoms. The highest BCUT2D eigenvalue weighted by molar-refractivity contribution is 6.09. The maximum Gasteiger partial charge on any atom is 0.410 e. The van der Waals surface area contributed by atoms with Crippen molar-refractivity contribution in [3.8, 4) is 22.8 Å². The van der Waals surface area contributed by atoms with Gasteiger partial charge in [-0.2, -0.15) is 0 Å².